The van der Waals surface area contributed by atoms with Crippen LogP contribution >= 0.6 is 0 Å². The maximum absolute atomic E-state index is 11.5. The van der Waals surface area contributed by atoms with Crippen molar-refractivity contribution in [1.82, 2.24) is 5.32 Å². The fourth-order valence-corrected chi connectivity index (χ4v) is 1.38. The molecule has 0 spiro atoms. The first-order valence-electron chi connectivity index (χ1n) is 5.83. The fourth-order valence-electron chi connectivity index (χ4n) is 1.38. The molecular formula is C13H17NO4. The van der Waals surface area contributed by atoms with Crippen molar-refractivity contribution < 1.29 is 19.4 Å². The van der Waals surface area contributed by atoms with E-state index in [-0.39, 0.29) is 18.9 Å². The number of carboxylic acid groups (broad SMARTS) is 1. The molecule has 1 aromatic rings. The van der Waals surface area contributed by atoms with Crippen molar-refractivity contribution in [1.29, 1.82) is 0 Å². The lowest BCUT2D eigenvalue weighted by atomic mass is 10.2. The van der Waals surface area contributed by atoms with E-state index in [4.69, 9.17) is 9.84 Å². The SMILES string of the molecule is CCC(NC(=O)CCOc1ccccc1)C(=O)O. The van der Waals surface area contributed by atoms with E-state index in [1.165, 1.54) is 0 Å². The second-order valence-electron chi connectivity index (χ2n) is 3.78. The largest absolute Gasteiger partial charge is 0.493 e. The average molecular weight is 251 g/mol. The Kier molecular flexibility index (Phi) is 5.70. The molecular weight excluding hydrogens is 234 g/mol. The van der Waals surface area contributed by atoms with Crippen molar-refractivity contribution in [2.24, 2.45) is 0 Å². The molecule has 0 fully saturated rings. The number of nitrogens with one attached hydrogen (secondary N) is 1. The Morgan fingerprint density at radius 3 is 2.56 bits per heavy atom. The van der Waals surface area contributed by atoms with Crippen LogP contribution in [0.1, 0.15) is 19.8 Å². The highest BCUT2D eigenvalue weighted by Crippen LogP contribution is 2.08. The van der Waals surface area contributed by atoms with Gasteiger partial charge in [-0.2, -0.15) is 0 Å². The zero-order chi connectivity index (χ0) is 13.4. The molecule has 1 unspecified atom stereocenters. The van der Waals surface area contributed by atoms with E-state index < -0.39 is 12.0 Å². The third kappa shape index (κ3) is 4.86. The Hall–Kier alpha value is -2.04. The summed E-state index contributed by atoms with van der Waals surface area (Å²) in [5.41, 5.74) is 0. The van der Waals surface area contributed by atoms with Crippen LogP contribution < -0.4 is 10.1 Å². The number of carbonyl (C=O) groups is 2. The van der Waals surface area contributed by atoms with Gasteiger partial charge in [0.1, 0.15) is 11.8 Å². The van der Waals surface area contributed by atoms with E-state index in [1.54, 1.807) is 19.1 Å². The summed E-state index contributed by atoms with van der Waals surface area (Å²) >= 11 is 0. The number of para-hydroxylation sites is 1. The topological polar surface area (TPSA) is 75.6 Å². The van der Waals surface area contributed by atoms with Crippen LogP contribution in [-0.2, 0) is 9.59 Å². The summed E-state index contributed by atoms with van der Waals surface area (Å²) in [4.78, 5) is 22.2. The standard InChI is InChI=1S/C13H17NO4/c1-2-11(13(16)17)14-12(15)8-9-18-10-6-4-3-5-7-10/h3-7,11H,2,8-9H2,1H3,(H,14,15)(H,16,17). The fraction of sp³-hybridized carbons (Fsp3) is 0.385. The maximum atomic E-state index is 11.5. The molecule has 0 aliphatic rings. The second kappa shape index (κ2) is 7.32. The monoisotopic (exact) mass is 251 g/mol. The minimum atomic E-state index is -1.02. The molecule has 5 nitrogen and oxygen atoms in total. The molecule has 0 bridgehead atoms. The lowest BCUT2D eigenvalue weighted by Crippen LogP contribution is -2.40. The molecule has 0 saturated heterocycles. The number of carboxylic acids is 1. The van der Waals surface area contributed by atoms with E-state index in [0.29, 0.717) is 12.2 Å². The Balaban J connectivity index is 2.27. The number of amides is 1. The van der Waals surface area contributed by atoms with Gasteiger partial charge < -0.3 is 15.2 Å². The third-order valence-corrected chi connectivity index (χ3v) is 2.38. The van der Waals surface area contributed by atoms with Crippen LogP contribution in [0.25, 0.3) is 0 Å². The zero-order valence-electron chi connectivity index (χ0n) is 10.3. The number of carbonyl (C=O) groups excluding carboxylic acids is 1. The van der Waals surface area contributed by atoms with Crippen molar-refractivity contribution in [2.45, 2.75) is 25.8 Å². The van der Waals surface area contributed by atoms with Crippen LogP contribution in [0.3, 0.4) is 0 Å². The number of aliphatic carboxylic acids is 1. The number of rotatable bonds is 7. The first-order valence-corrected chi connectivity index (χ1v) is 5.83. The van der Waals surface area contributed by atoms with Gasteiger partial charge in [-0.3, -0.25) is 4.79 Å². The Bertz CT molecular complexity index is 391. The molecule has 98 valence electrons. The van der Waals surface area contributed by atoms with Crippen LogP contribution in [0.4, 0.5) is 0 Å². The Labute approximate surface area is 106 Å². The van der Waals surface area contributed by atoms with Gasteiger partial charge in [0.15, 0.2) is 0 Å². The van der Waals surface area contributed by atoms with Crippen molar-refractivity contribution in [2.75, 3.05) is 6.61 Å². The van der Waals surface area contributed by atoms with Gasteiger partial charge >= 0.3 is 5.97 Å². The summed E-state index contributed by atoms with van der Waals surface area (Å²) in [6.45, 7) is 1.94. The molecule has 1 aromatic carbocycles. The molecule has 0 aliphatic heterocycles. The summed E-state index contributed by atoms with van der Waals surface area (Å²) in [5.74, 6) is -0.648. The molecule has 0 heterocycles. The van der Waals surface area contributed by atoms with Crippen molar-refractivity contribution >= 4 is 11.9 Å². The number of hydrogen-bond acceptors (Lipinski definition) is 3. The quantitative estimate of drug-likeness (QED) is 0.768. The molecule has 1 rings (SSSR count). The molecule has 1 amide bonds. The smallest absolute Gasteiger partial charge is 0.326 e. The van der Waals surface area contributed by atoms with Gasteiger partial charge in [-0.25, -0.2) is 4.79 Å². The lowest BCUT2D eigenvalue weighted by Gasteiger charge is -2.12. The molecule has 0 aliphatic carbocycles. The highest BCUT2D eigenvalue weighted by molar-refractivity contribution is 5.83. The highest BCUT2D eigenvalue weighted by atomic mass is 16.5. The van der Waals surface area contributed by atoms with Gasteiger partial charge in [-0.1, -0.05) is 25.1 Å². The van der Waals surface area contributed by atoms with Crippen LogP contribution in [0.2, 0.25) is 0 Å². The maximum Gasteiger partial charge on any atom is 0.326 e. The molecule has 2 N–H and O–H groups in total. The normalized spacial score (nSPS) is 11.6. The first-order chi connectivity index (χ1) is 8.63. The van der Waals surface area contributed by atoms with Crippen LogP contribution in [0, 0.1) is 0 Å². The number of ether oxygens (including phenoxy) is 1. The summed E-state index contributed by atoms with van der Waals surface area (Å²) in [6, 6.07) is 8.32. The van der Waals surface area contributed by atoms with E-state index in [2.05, 4.69) is 5.32 Å². The van der Waals surface area contributed by atoms with Crippen molar-refractivity contribution in [3.63, 3.8) is 0 Å². The Morgan fingerprint density at radius 2 is 2.00 bits per heavy atom. The molecule has 1 atom stereocenters. The molecule has 5 heteroatoms. The van der Waals surface area contributed by atoms with Gasteiger partial charge in [0, 0.05) is 0 Å². The lowest BCUT2D eigenvalue weighted by molar-refractivity contribution is -0.142. The summed E-state index contributed by atoms with van der Waals surface area (Å²) in [7, 11) is 0. The summed E-state index contributed by atoms with van der Waals surface area (Å²) in [6.07, 6.45) is 0.499. The van der Waals surface area contributed by atoms with Crippen molar-refractivity contribution in [3.05, 3.63) is 30.3 Å². The van der Waals surface area contributed by atoms with E-state index in [1.807, 2.05) is 18.2 Å². The van der Waals surface area contributed by atoms with Gasteiger partial charge in [-0.15, -0.1) is 0 Å². The molecule has 0 saturated carbocycles. The van der Waals surface area contributed by atoms with Crippen LogP contribution in [0.15, 0.2) is 30.3 Å². The molecule has 18 heavy (non-hydrogen) atoms. The van der Waals surface area contributed by atoms with Crippen LogP contribution in [-0.4, -0.2) is 29.6 Å². The minimum Gasteiger partial charge on any atom is -0.493 e. The highest BCUT2D eigenvalue weighted by Gasteiger charge is 2.17. The molecule has 0 aromatic heterocycles. The van der Waals surface area contributed by atoms with E-state index in [0.717, 1.165) is 0 Å². The van der Waals surface area contributed by atoms with Gasteiger partial charge in [-0.05, 0) is 18.6 Å². The number of hydrogen-bond donors (Lipinski definition) is 2. The predicted octanol–water partition coefficient (Wildman–Crippen LogP) is 1.43. The minimum absolute atomic E-state index is 0.138. The van der Waals surface area contributed by atoms with E-state index >= 15 is 0 Å². The van der Waals surface area contributed by atoms with Crippen LogP contribution in [0.5, 0.6) is 5.75 Å². The first kappa shape index (κ1) is 14.0. The number of benzene rings is 1. The Morgan fingerprint density at radius 1 is 1.33 bits per heavy atom. The average Bonchev–Trinajstić information content (AvgIpc) is 2.37. The van der Waals surface area contributed by atoms with Crippen molar-refractivity contribution in [3.8, 4) is 5.75 Å². The molecule has 0 radical (unpaired) electrons. The zero-order valence-corrected chi connectivity index (χ0v) is 10.3. The summed E-state index contributed by atoms with van der Waals surface area (Å²) < 4.78 is 5.34. The van der Waals surface area contributed by atoms with E-state index in [9.17, 15) is 9.59 Å². The van der Waals surface area contributed by atoms with Gasteiger partial charge in [0.05, 0.1) is 13.0 Å². The summed E-state index contributed by atoms with van der Waals surface area (Å²) in [5, 5.41) is 11.2. The third-order valence-electron chi connectivity index (χ3n) is 2.38. The predicted molar refractivity (Wildman–Crippen MR) is 66.4 cm³/mol. The second-order valence-corrected chi connectivity index (χ2v) is 3.78. The van der Waals surface area contributed by atoms with Gasteiger partial charge in [0.25, 0.3) is 0 Å². The van der Waals surface area contributed by atoms with Gasteiger partial charge in [0.2, 0.25) is 5.91 Å².